The van der Waals surface area contributed by atoms with Crippen molar-refractivity contribution in [2.45, 2.75) is 13.8 Å². The molecule has 2 aromatic carbocycles. The Labute approximate surface area is 162 Å². The molecule has 0 amide bonds. The van der Waals surface area contributed by atoms with Gasteiger partial charge in [-0.25, -0.2) is 4.98 Å². The number of Topliss-reactive ketones (excluding diaryl/α,β-unsaturated/α-hetero) is 1. The number of aromatic nitrogens is 3. The maximum atomic E-state index is 11.4. The number of aryl methyl sites for hydroxylation is 1. The molecule has 138 valence electrons. The quantitative estimate of drug-likeness (QED) is 0.481. The summed E-state index contributed by atoms with van der Waals surface area (Å²) in [5, 5.41) is 7.57. The largest absolute Gasteiger partial charge is 0.340 e. The van der Waals surface area contributed by atoms with Gasteiger partial charge in [-0.3, -0.25) is 9.78 Å². The third-order valence-corrected chi connectivity index (χ3v) is 4.30. The standard InChI is InChI=1S/C22H19N5O/c1-14-13-20(25-18-10-8-16(9-11-18)15(2)28)27-22(24-14)26-19-7-3-5-17-6-4-12-23-21(17)19/h3-13H,1-2H3,(H2,24,25,26,27). The van der Waals surface area contributed by atoms with Crippen molar-refractivity contribution >= 4 is 39.8 Å². The normalized spacial score (nSPS) is 10.6. The summed E-state index contributed by atoms with van der Waals surface area (Å²) in [6.07, 6.45) is 1.77. The molecule has 0 spiro atoms. The highest BCUT2D eigenvalue weighted by Crippen LogP contribution is 2.24. The molecule has 0 aliphatic heterocycles. The van der Waals surface area contributed by atoms with Gasteiger partial charge in [0, 0.05) is 34.6 Å². The Morgan fingerprint density at radius 1 is 0.929 bits per heavy atom. The first-order valence-corrected chi connectivity index (χ1v) is 8.93. The number of rotatable bonds is 5. The van der Waals surface area contributed by atoms with Gasteiger partial charge in [-0.05, 0) is 50.2 Å². The molecule has 0 fully saturated rings. The average Bonchev–Trinajstić information content (AvgIpc) is 2.68. The fourth-order valence-corrected chi connectivity index (χ4v) is 2.95. The zero-order valence-corrected chi connectivity index (χ0v) is 15.6. The molecule has 28 heavy (non-hydrogen) atoms. The first kappa shape index (κ1) is 17.6. The number of pyridine rings is 1. The van der Waals surface area contributed by atoms with Gasteiger partial charge in [0.05, 0.1) is 11.2 Å². The van der Waals surface area contributed by atoms with Gasteiger partial charge < -0.3 is 10.6 Å². The highest BCUT2D eigenvalue weighted by Gasteiger charge is 2.07. The fourth-order valence-electron chi connectivity index (χ4n) is 2.95. The molecule has 2 heterocycles. The lowest BCUT2D eigenvalue weighted by Crippen LogP contribution is -2.03. The number of ketones is 1. The number of nitrogens with zero attached hydrogens (tertiary/aromatic N) is 3. The summed E-state index contributed by atoms with van der Waals surface area (Å²) in [6.45, 7) is 3.47. The summed E-state index contributed by atoms with van der Waals surface area (Å²) in [7, 11) is 0. The predicted octanol–water partition coefficient (Wildman–Crippen LogP) is 5.02. The van der Waals surface area contributed by atoms with Crippen LogP contribution in [0.25, 0.3) is 10.9 Å². The van der Waals surface area contributed by atoms with Crippen LogP contribution in [0.2, 0.25) is 0 Å². The SMILES string of the molecule is CC(=O)c1ccc(Nc2cc(C)nc(Nc3cccc4cccnc34)n2)cc1. The lowest BCUT2D eigenvalue weighted by Gasteiger charge is -2.11. The van der Waals surface area contributed by atoms with Crippen LogP contribution in [0.15, 0.2) is 66.9 Å². The Balaban J connectivity index is 1.61. The third kappa shape index (κ3) is 3.81. The van der Waals surface area contributed by atoms with E-state index in [-0.39, 0.29) is 5.78 Å². The second-order valence-corrected chi connectivity index (χ2v) is 6.48. The van der Waals surface area contributed by atoms with Crippen molar-refractivity contribution in [3.05, 3.63) is 78.1 Å². The van der Waals surface area contributed by atoms with Crippen molar-refractivity contribution in [1.82, 2.24) is 15.0 Å². The van der Waals surface area contributed by atoms with Gasteiger partial charge in [0.2, 0.25) is 5.95 Å². The molecule has 0 bridgehead atoms. The van der Waals surface area contributed by atoms with Gasteiger partial charge in [-0.2, -0.15) is 4.98 Å². The summed E-state index contributed by atoms with van der Waals surface area (Å²) in [5.74, 6) is 1.19. The van der Waals surface area contributed by atoms with Crippen molar-refractivity contribution < 1.29 is 4.79 Å². The van der Waals surface area contributed by atoms with Crippen molar-refractivity contribution in [2.24, 2.45) is 0 Å². The minimum Gasteiger partial charge on any atom is -0.340 e. The first-order valence-electron chi connectivity index (χ1n) is 8.93. The number of anilines is 4. The van der Waals surface area contributed by atoms with Crippen LogP contribution in [0.5, 0.6) is 0 Å². The number of carbonyl (C=O) groups excluding carboxylic acids is 1. The van der Waals surface area contributed by atoms with Crippen molar-refractivity contribution in [2.75, 3.05) is 10.6 Å². The molecule has 6 heteroatoms. The second-order valence-electron chi connectivity index (χ2n) is 6.48. The number of para-hydroxylation sites is 1. The molecule has 0 aliphatic carbocycles. The minimum absolute atomic E-state index is 0.0413. The van der Waals surface area contributed by atoms with Gasteiger partial charge >= 0.3 is 0 Å². The maximum Gasteiger partial charge on any atom is 0.229 e. The van der Waals surface area contributed by atoms with Crippen molar-refractivity contribution in [3.8, 4) is 0 Å². The molecule has 0 radical (unpaired) electrons. The average molecular weight is 369 g/mol. The van der Waals surface area contributed by atoms with E-state index in [1.807, 2.05) is 55.5 Å². The number of hydrogen-bond acceptors (Lipinski definition) is 6. The number of benzene rings is 2. The van der Waals surface area contributed by atoms with Crippen molar-refractivity contribution in [1.29, 1.82) is 0 Å². The molecule has 0 unspecified atom stereocenters. The van der Waals surface area contributed by atoms with E-state index in [4.69, 9.17) is 0 Å². The van der Waals surface area contributed by atoms with E-state index in [0.717, 1.165) is 28.0 Å². The van der Waals surface area contributed by atoms with Crippen LogP contribution in [-0.2, 0) is 0 Å². The predicted molar refractivity (Wildman–Crippen MR) is 112 cm³/mol. The van der Waals surface area contributed by atoms with Crippen LogP contribution in [0.1, 0.15) is 23.0 Å². The Kier molecular flexibility index (Phi) is 4.68. The minimum atomic E-state index is 0.0413. The molecule has 0 saturated heterocycles. The lowest BCUT2D eigenvalue weighted by atomic mass is 10.1. The monoisotopic (exact) mass is 369 g/mol. The van der Waals surface area contributed by atoms with Crippen LogP contribution in [0.3, 0.4) is 0 Å². The summed E-state index contributed by atoms with van der Waals surface area (Å²) in [4.78, 5) is 24.9. The van der Waals surface area contributed by atoms with Crippen LogP contribution >= 0.6 is 0 Å². The van der Waals surface area contributed by atoms with Crippen molar-refractivity contribution in [3.63, 3.8) is 0 Å². The topological polar surface area (TPSA) is 79.8 Å². The number of nitrogens with one attached hydrogen (secondary N) is 2. The van der Waals surface area contributed by atoms with Crippen LogP contribution in [0.4, 0.5) is 23.1 Å². The lowest BCUT2D eigenvalue weighted by molar-refractivity contribution is 0.101. The third-order valence-electron chi connectivity index (χ3n) is 4.30. The fraction of sp³-hybridized carbons (Fsp3) is 0.0909. The molecule has 2 N–H and O–H groups in total. The highest BCUT2D eigenvalue weighted by molar-refractivity contribution is 5.94. The molecule has 6 nitrogen and oxygen atoms in total. The van der Waals surface area contributed by atoms with Gasteiger partial charge in [0.1, 0.15) is 5.82 Å². The summed E-state index contributed by atoms with van der Waals surface area (Å²) >= 11 is 0. The van der Waals surface area contributed by atoms with E-state index in [1.54, 1.807) is 25.3 Å². The van der Waals surface area contributed by atoms with Crippen LogP contribution in [-0.4, -0.2) is 20.7 Å². The first-order chi connectivity index (χ1) is 13.6. The van der Waals surface area contributed by atoms with E-state index >= 15 is 0 Å². The molecular weight excluding hydrogens is 350 g/mol. The van der Waals surface area contributed by atoms with Gasteiger partial charge in [0.25, 0.3) is 0 Å². The van der Waals surface area contributed by atoms with E-state index < -0.39 is 0 Å². The molecule has 0 atom stereocenters. The molecule has 4 aromatic rings. The zero-order valence-electron chi connectivity index (χ0n) is 15.6. The van der Waals surface area contributed by atoms with Crippen LogP contribution < -0.4 is 10.6 Å². The van der Waals surface area contributed by atoms with E-state index in [1.165, 1.54) is 0 Å². The summed E-state index contributed by atoms with van der Waals surface area (Å²) in [6, 6.07) is 19.0. The van der Waals surface area contributed by atoms with E-state index in [0.29, 0.717) is 17.3 Å². The summed E-state index contributed by atoms with van der Waals surface area (Å²) < 4.78 is 0. The van der Waals surface area contributed by atoms with Gasteiger partial charge in [0.15, 0.2) is 5.78 Å². The van der Waals surface area contributed by atoms with Gasteiger partial charge in [-0.1, -0.05) is 18.2 Å². The number of fused-ring (bicyclic) bond motifs is 1. The Morgan fingerprint density at radius 3 is 2.50 bits per heavy atom. The smallest absolute Gasteiger partial charge is 0.229 e. The molecular formula is C22H19N5O. The number of carbonyl (C=O) groups is 1. The molecule has 0 saturated carbocycles. The Bertz CT molecular complexity index is 1150. The Morgan fingerprint density at radius 2 is 1.71 bits per heavy atom. The Hall–Kier alpha value is -3.80. The van der Waals surface area contributed by atoms with E-state index in [9.17, 15) is 4.79 Å². The van der Waals surface area contributed by atoms with E-state index in [2.05, 4.69) is 25.6 Å². The zero-order chi connectivity index (χ0) is 19.5. The molecule has 4 rings (SSSR count). The maximum absolute atomic E-state index is 11.4. The molecule has 0 aliphatic rings. The summed E-state index contributed by atoms with van der Waals surface area (Å²) in [5.41, 5.74) is 4.06. The van der Waals surface area contributed by atoms with Gasteiger partial charge in [-0.15, -0.1) is 0 Å². The number of hydrogen-bond donors (Lipinski definition) is 2. The van der Waals surface area contributed by atoms with Crippen LogP contribution in [0, 0.1) is 6.92 Å². The highest BCUT2D eigenvalue weighted by atomic mass is 16.1. The second kappa shape index (κ2) is 7.44. The molecule has 2 aromatic heterocycles.